The van der Waals surface area contributed by atoms with Crippen molar-refractivity contribution >= 4 is 22.1 Å². The van der Waals surface area contributed by atoms with Crippen LogP contribution in [-0.2, 0) is 0 Å². The Bertz CT molecular complexity index is 837. The third kappa shape index (κ3) is 2.88. The number of pyridine rings is 1. The summed E-state index contributed by atoms with van der Waals surface area (Å²) in [6, 6.07) is 7.98. The van der Waals surface area contributed by atoms with Gasteiger partial charge in [0.2, 0.25) is 5.92 Å². The summed E-state index contributed by atoms with van der Waals surface area (Å²) in [6.45, 7) is 1.79. The zero-order valence-corrected chi connectivity index (χ0v) is 14.0. The summed E-state index contributed by atoms with van der Waals surface area (Å²) in [5.74, 6) is -2.46. The molecule has 1 atom stereocenters. The Morgan fingerprint density at radius 2 is 2.00 bits per heavy atom. The third-order valence-corrected chi connectivity index (χ3v) is 5.33. The summed E-state index contributed by atoms with van der Waals surface area (Å²) in [5.41, 5.74) is 1.61. The maximum Gasteiger partial charge on any atom is 0.249 e. The lowest BCUT2D eigenvalue weighted by atomic mass is 9.52. The van der Waals surface area contributed by atoms with Crippen molar-refractivity contribution in [3.05, 3.63) is 30.6 Å². The summed E-state index contributed by atoms with van der Waals surface area (Å²) < 4.78 is 26.3. The molecule has 2 fully saturated rings. The van der Waals surface area contributed by atoms with E-state index >= 15 is 0 Å². The number of nitrogens with one attached hydrogen (secondary N) is 2. The van der Waals surface area contributed by atoms with Crippen LogP contribution in [0.4, 0.5) is 20.2 Å². The van der Waals surface area contributed by atoms with Crippen LogP contribution in [-0.4, -0.2) is 23.0 Å². The van der Waals surface area contributed by atoms with Gasteiger partial charge in [0.1, 0.15) is 6.04 Å². The van der Waals surface area contributed by atoms with Crippen LogP contribution in [0.2, 0.25) is 0 Å². The van der Waals surface area contributed by atoms with E-state index in [-0.39, 0.29) is 30.3 Å². The molecule has 2 aliphatic carbocycles. The Kier molecular flexibility index (Phi) is 3.57. The van der Waals surface area contributed by atoms with Crippen molar-refractivity contribution in [1.82, 2.24) is 4.98 Å². The molecule has 4 nitrogen and oxygen atoms in total. The van der Waals surface area contributed by atoms with Gasteiger partial charge >= 0.3 is 0 Å². The highest BCUT2D eigenvalue weighted by atomic mass is 19.3. The van der Waals surface area contributed by atoms with Crippen molar-refractivity contribution in [2.45, 2.75) is 50.6 Å². The van der Waals surface area contributed by atoms with Gasteiger partial charge in [0.05, 0.1) is 18.0 Å². The molecule has 0 saturated heterocycles. The predicted molar refractivity (Wildman–Crippen MR) is 93.7 cm³/mol. The zero-order chi connectivity index (χ0) is 17.7. The molecule has 1 spiro atoms. The van der Waals surface area contributed by atoms with Gasteiger partial charge in [0.25, 0.3) is 0 Å². The van der Waals surface area contributed by atoms with E-state index in [1.807, 2.05) is 18.2 Å². The van der Waals surface area contributed by atoms with E-state index in [9.17, 15) is 8.78 Å². The second-order valence-electron chi connectivity index (χ2n) is 7.54. The van der Waals surface area contributed by atoms with E-state index < -0.39 is 5.92 Å². The first-order valence-corrected chi connectivity index (χ1v) is 8.57. The molecule has 0 aliphatic heterocycles. The fourth-order valence-corrected chi connectivity index (χ4v) is 4.37. The number of anilines is 2. The van der Waals surface area contributed by atoms with Gasteiger partial charge in [-0.1, -0.05) is 12.1 Å². The number of alkyl halides is 2. The lowest BCUT2D eigenvalue weighted by Gasteiger charge is -2.57. The molecule has 2 N–H and O–H groups in total. The molecule has 130 valence electrons. The molecule has 1 heterocycles. The standard InChI is InChI=1S/C19H20F2N4/c1-12(7-22)24-16-9-23-8-13-3-2-4-15(17(13)16)25-14-5-18(6-14)10-19(20,21)11-18/h2-4,8-9,12,14,24-25H,5-6,10-11H2,1H3. The van der Waals surface area contributed by atoms with Gasteiger partial charge in [-0.2, -0.15) is 5.26 Å². The molecule has 25 heavy (non-hydrogen) atoms. The minimum atomic E-state index is -2.46. The van der Waals surface area contributed by atoms with Crippen LogP contribution >= 0.6 is 0 Å². The maximum atomic E-state index is 13.2. The van der Waals surface area contributed by atoms with Gasteiger partial charge in [-0.15, -0.1) is 0 Å². The second-order valence-corrected chi connectivity index (χ2v) is 7.54. The Morgan fingerprint density at radius 1 is 1.24 bits per heavy atom. The summed E-state index contributed by atoms with van der Waals surface area (Å²) in [5, 5.41) is 17.7. The topological polar surface area (TPSA) is 60.7 Å². The third-order valence-electron chi connectivity index (χ3n) is 5.33. The molecule has 1 aromatic carbocycles. The van der Waals surface area contributed by atoms with Crippen molar-refractivity contribution < 1.29 is 8.78 Å². The average Bonchev–Trinajstić information content (AvgIpc) is 2.51. The number of halogens is 2. The Balaban J connectivity index is 1.55. The van der Waals surface area contributed by atoms with Gasteiger partial charge in [0, 0.05) is 41.5 Å². The lowest BCUT2D eigenvalue weighted by Crippen LogP contribution is -2.57. The normalized spacial score (nSPS) is 21.8. The molecular weight excluding hydrogens is 322 g/mol. The van der Waals surface area contributed by atoms with Crippen LogP contribution in [0.1, 0.15) is 32.6 Å². The van der Waals surface area contributed by atoms with Crippen molar-refractivity contribution in [3.8, 4) is 6.07 Å². The average molecular weight is 342 g/mol. The summed E-state index contributed by atoms with van der Waals surface area (Å²) in [4.78, 5) is 4.23. The Labute approximate surface area is 145 Å². The van der Waals surface area contributed by atoms with E-state index in [0.717, 1.165) is 35.0 Å². The van der Waals surface area contributed by atoms with Crippen molar-refractivity contribution in [1.29, 1.82) is 5.26 Å². The van der Waals surface area contributed by atoms with Crippen LogP contribution in [0.3, 0.4) is 0 Å². The first-order valence-electron chi connectivity index (χ1n) is 8.57. The smallest absolute Gasteiger partial charge is 0.249 e. The zero-order valence-electron chi connectivity index (χ0n) is 14.0. The Hall–Kier alpha value is -2.42. The minimum absolute atomic E-state index is 0.0319. The highest BCUT2D eigenvalue weighted by molar-refractivity contribution is 6.02. The molecule has 0 bridgehead atoms. The van der Waals surface area contributed by atoms with Crippen molar-refractivity contribution in [2.24, 2.45) is 5.41 Å². The molecule has 1 aromatic heterocycles. The molecule has 2 saturated carbocycles. The van der Waals surface area contributed by atoms with Gasteiger partial charge in [-0.05, 0) is 31.2 Å². The number of fused-ring (bicyclic) bond motifs is 1. The molecule has 0 amide bonds. The van der Waals surface area contributed by atoms with Gasteiger partial charge < -0.3 is 10.6 Å². The van der Waals surface area contributed by atoms with Gasteiger partial charge in [-0.3, -0.25) is 4.98 Å². The molecule has 1 unspecified atom stereocenters. The van der Waals surface area contributed by atoms with Gasteiger partial charge in [-0.25, -0.2) is 8.78 Å². The van der Waals surface area contributed by atoms with E-state index in [0.29, 0.717) is 0 Å². The maximum absolute atomic E-state index is 13.2. The SMILES string of the molecule is CC(C#N)Nc1cncc2cccc(NC3CC4(C3)CC(F)(F)C4)c12. The number of rotatable bonds is 4. The Morgan fingerprint density at radius 3 is 2.68 bits per heavy atom. The van der Waals surface area contributed by atoms with E-state index in [4.69, 9.17) is 5.26 Å². The molecule has 2 aliphatic rings. The largest absolute Gasteiger partial charge is 0.382 e. The predicted octanol–water partition coefficient (Wildman–Crippen LogP) is 4.55. The van der Waals surface area contributed by atoms with Crippen LogP contribution in [0.25, 0.3) is 10.8 Å². The minimum Gasteiger partial charge on any atom is -0.382 e. The number of aromatic nitrogens is 1. The fourth-order valence-electron chi connectivity index (χ4n) is 4.37. The second kappa shape index (κ2) is 5.55. The number of nitrogens with zero attached hydrogens (tertiary/aromatic N) is 2. The molecular formula is C19H20F2N4. The first-order chi connectivity index (χ1) is 11.9. The van der Waals surface area contributed by atoms with E-state index in [1.54, 1.807) is 19.3 Å². The van der Waals surface area contributed by atoms with E-state index in [1.165, 1.54) is 0 Å². The number of nitriles is 1. The fraction of sp³-hybridized carbons (Fsp3) is 0.474. The van der Waals surface area contributed by atoms with Crippen molar-refractivity contribution in [2.75, 3.05) is 10.6 Å². The van der Waals surface area contributed by atoms with Crippen LogP contribution in [0, 0.1) is 16.7 Å². The molecule has 2 aromatic rings. The number of benzene rings is 1. The monoisotopic (exact) mass is 342 g/mol. The molecule has 4 rings (SSSR count). The van der Waals surface area contributed by atoms with Crippen molar-refractivity contribution in [3.63, 3.8) is 0 Å². The van der Waals surface area contributed by atoms with E-state index in [2.05, 4.69) is 21.7 Å². The summed E-state index contributed by atoms with van der Waals surface area (Å²) >= 11 is 0. The summed E-state index contributed by atoms with van der Waals surface area (Å²) in [7, 11) is 0. The number of hydrogen-bond donors (Lipinski definition) is 2. The highest BCUT2D eigenvalue weighted by Crippen LogP contribution is 2.62. The summed E-state index contributed by atoms with van der Waals surface area (Å²) in [6.07, 6.45) is 5.16. The molecule has 6 heteroatoms. The quantitative estimate of drug-likeness (QED) is 0.856. The van der Waals surface area contributed by atoms with Crippen LogP contribution in [0.15, 0.2) is 30.6 Å². The van der Waals surface area contributed by atoms with Crippen LogP contribution in [0.5, 0.6) is 0 Å². The first kappa shape index (κ1) is 16.1. The number of hydrogen-bond acceptors (Lipinski definition) is 4. The highest BCUT2D eigenvalue weighted by Gasteiger charge is 2.61. The molecule has 0 radical (unpaired) electrons. The van der Waals surface area contributed by atoms with Gasteiger partial charge in [0.15, 0.2) is 0 Å². The lowest BCUT2D eigenvalue weighted by molar-refractivity contribution is -0.193. The van der Waals surface area contributed by atoms with Crippen LogP contribution < -0.4 is 10.6 Å².